The lowest BCUT2D eigenvalue weighted by Gasteiger charge is -2.30. The molecule has 1 aliphatic rings. The predicted molar refractivity (Wildman–Crippen MR) is 63.3 cm³/mol. The molecule has 1 atom stereocenters. The maximum absolute atomic E-state index is 11.7. The van der Waals surface area contributed by atoms with Gasteiger partial charge in [-0.15, -0.1) is 0 Å². The molecule has 17 heavy (non-hydrogen) atoms. The van der Waals surface area contributed by atoms with Crippen molar-refractivity contribution in [2.75, 3.05) is 19.0 Å². The van der Waals surface area contributed by atoms with Gasteiger partial charge in [-0.3, -0.25) is 9.59 Å². The van der Waals surface area contributed by atoms with Gasteiger partial charge in [0.25, 0.3) is 11.8 Å². The van der Waals surface area contributed by atoms with Crippen molar-refractivity contribution in [2.45, 2.75) is 13.0 Å². The highest BCUT2D eigenvalue weighted by atomic mass is 16.5. The molecule has 1 heterocycles. The van der Waals surface area contributed by atoms with E-state index in [-0.39, 0.29) is 11.8 Å². The van der Waals surface area contributed by atoms with Crippen LogP contribution in [0, 0.1) is 0 Å². The molecule has 1 aromatic carbocycles. The van der Waals surface area contributed by atoms with Gasteiger partial charge >= 0.3 is 0 Å². The number of hydrogen-bond acceptors (Lipinski definition) is 3. The monoisotopic (exact) mass is 234 g/mol. The van der Waals surface area contributed by atoms with Crippen molar-refractivity contribution in [3.8, 4) is 5.75 Å². The van der Waals surface area contributed by atoms with Crippen molar-refractivity contribution in [1.82, 2.24) is 5.32 Å². The number of carbonyl (C=O) groups is 2. The quantitative estimate of drug-likeness (QED) is 0.781. The van der Waals surface area contributed by atoms with Crippen LogP contribution in [0.2, 0.25) is 0 Å². The minimum absolute atomic E-state index is 0.119. The fourth-order valence-electron chi connectivity index (χ4n) is 1.80. The van der Waals surface area contributed by atoms with Gasteiger partial charge in [-0.2, -0.15) is 0 Å². The lowest BCUT2D eigenvalue weighted by Crippen LogP contribution is -2.42. The molecule has 0 saturated heterocycles. The van der Waals surface area contributed by atoms with Crippen LogP contribution in [0.4, 0.5) is 5.69 Å². The smallest absolute Gasteiger partial charge is 0.267 e. The van der Waals surface area contributed by atoms with Gasteiger partial charge in [-0.25, -0.2) is 0 Å². The SMILES string of the molecule is CNC(=O)c1ccc2c(c1)N(C)C(=O)C(C)O2. The van der Waals surface area contributed by atoms with Crippen LogP contribution < -0.4 is 15.0 Å². The van der Waals surface area contributed by atoms with Crippen LogP contribution >= 0.6 is 0 Å². The summed E-state index contributed by atoms with van der Waals surface area (Å²) in [5.74, 6) is 0.311. The summed E-state index contributed by atoms with van der Waals surface area (Å²) in [7, 11) is 3.24. The third kappa shape index (κ3) is 1.84. The molecule has 5 heteroatoms. The number of ether oxygens (including phenoxy) is 1. The number of benzene rings is 1. The van der Waals surface area contributed by atoms with Crippen molar-refractivity contribution in [2.24, 2.45) is 0 Å². The Kier molecular flexibility index (Phi) is 2.75. The molecule has 0 saturated carbocycles. The molecule has 90 valence electrons. The van der Waals surface area contributed by atoms with Crippen LogP contribution in [0.15, 0.2) is 18.2 Å². The zero-order valence-corrected chi connectivity index (χ0v) is 9.98. The lowest BCUT2D eigenvalue weighted by molar-refractivity contribution is -0.125. The van der Waals surface area contributed by atoms with Gasteiger partial charge in [-0.05, 0) is 25.1 Å². The maximum Gasteiger partial charge on any atom is 0.267 e. The Balaban J connectivity index is 2.45. The average molecular weight is 234 g/mol. The fraction of sp³-hybridized carbons (Fsp3) is 0.333. The summed E-state index contributed by atoms with van der Waals surface area (Å²) in [6.45, 7) is 1.70. The molecule has 0 radical (unpaired) electrons. The van der Waals surface area contributed by atoms with Gasteiger partial charge < -0.3 is 15.0 Å². The van der Waals surface area contributed by atoms with Crippen LogP contribution in [0.1, 0.15) is 17.3 Å². The van der Waals surface area contributed by atoms with Crippen molar-refractivity contribution in [3.05, 3.63) is 23.8 Å². The molecule has 1 aliphatic heterocycles. The number of nitrogens with zero attached hydrogens (tertiary/aromatic N) is 1. The number of carbonyl (C=O) groups excluding carboxylic acids is 2. The van der Waals surface area contributed by atoms with Gasteiger partial charge in [0.05, 0.1) is 5.69 Å². The highest BCUT2D eigenvalue weighted by Crippen LogP contribution is 2.33. The standard InChI is InChI=1S/C12H14N2O3/c1-7-12(16)14(3)9-6-8(11(15)13-2)4-5-10(9)17-7/h4-7H,1-3H3,(H,13,15). The molecular formula is C12H14N2O3. The number of likely N-dealkylation sites (N-methyl/N-ethyl adjacent to an activating group) is 1. The average Bonchev–Trinajstić information content (AvgIpc) is 2.35. The van der Waals surface area contributed by atoms with E-state index in [0.717, 1.165) is 0 Å². The largest absolute Gasteiger partial charge is 0.479 e. The molecule has 0 aromatic heterocycles. The molecule has 1 unspecified atom stereocenters. The van der Waals surface area contributed by atoms with Crippen LogP contribution in [0.3, 0.4) is 0 Å². The Labute approximate surface area is 99.4 Å². The topological polar surface area (TPSA) is 58.6 Å². The zero-order chi connectivity index (χ0) is 12.6. The molecule has 0 bridgehead atoms. The Hall–Kier alpha value is -2.04. The summed E-state index contributed by atoms with van der Waals surface area (Å²) in [4.78, 5) is 24.7. The van der Waals surface area contributed by atoms with E-state index < -0.39 is 6.10 Å². The van der Waals surface area contributed by atoms with E-state index >= 15 is 0 Å². The second-order valence-electron chi connectivity index (χ2n) is 3.92. The first-order chi connectivity index (χ1) is 8.04. The number of anilines is 1. The van der Waals surface area contributed by atoms with E-state index in [2.05, 4.69) is 5.32 Å². The van der Waals surface area contributed by atoms with E-state index in [9.17, 15) is 9.59 Å². The van der Waals surface area contributed by atoms with E-state index in [1.165, 1.54) is 4.90 Å². The van der Waals surface area contributed by atoms with Crippen LogP contribution in [-0.4, -0.2) is 32.0 Å². The summed E-state index contributed by atoms with van der Waals surface area (Å²) < 4.78 is 5.46. The maximum atomic E-state index is 11.7. The molecule has 2 rings (SSSR count). The number of amides is 2. The lowest BCUT2D eigenvalue weighted by atomic mass is 10.1. The van der Waals surface area contributed by atoms with Gasteiger partial charge in [0.1, 0.15) is 5.75 Å². The molecule has 0 fully saturated rings. The molecule has 0 aliphatic carbocycles. The molecule has 5 nitrogen and oxygen atoms in total. The first-order valence-electron chi connectivity index (χ1n) is 5.35. The third-order valence-corrected chi connectivity index (χ3v) is 2.79. The Morgan fingerprint density at radius 2 is 2.18 bits per heavy atom. The summed E-state index contributed by atoms with van der Waals surface area (Å²) in [5, 5.41) is 2.54. The second-order valence-corrected chi connectivity index (χ2v) is 3.92. The molecule has 2 amide bonds. The van der Waals surface area contributed by atoms with Gasteiger partial charge in [0.15, 0.2) is 6.10 Å². The van der Waals surface area contributed by atoms with Crippen molar-refractivity contribution >= 4 is 17.5 Å². The summed E-state index contributed by atoms with van der Waals surface area (Å²) in [6.07, 6.45) is -0.488. The van der Waals surface area contributed by atoms with E-state index in [1.807, 2.05) is 0 Å². The fourth-order valence-corrected chi connectivity index (χ4v) is 1.80. The Bertz CT molecular complexity index is 485. The first-order valence-corrected chi connectivity index (χ1v) is 5.35. The molecule has 1 aromatic rings. The van der Waals surface area contributed by atoms with Gasteiger partial charge in [-0.1, -0.05) is 0 Å². The summed E-state index contributed by atoms with van der Waals surface area (Å²) >= 11 is 0. The molecule has 0 spiro atoms. The number of fused-ring (bicyclic) bond motifs is 1. The second kappa shape index (κ2) is 4.08. The molecule has 1 N–H and O–H groups in total. The van der Waals surface area contributed by atoms with Crippen molar-refractivity contribution in [1.29, 1.82) is 0 Å². The first kappa shape index (κ1) is 11.4. The predicted octanol–water partition coefficient (Wildman–Crippen LogP) is 0.790. The molecular weight excluding hydrogens is 220 g/mol. The third-order valence-electron chi connectivity index (χ3n) is 2.79. The van der Waals surface area contributed by atoms with E-state index in [4.69, 9.17) is 4.74 Å². The highest BCUT2D eigenvalue weighted by molar-refractivity contribution is 6.02. The summed E-state index contributed by atoms with van der Waals surface area (Å²) in [5.41, 5.74) is 1.12. The minimum Gasteiger partial charge on any atom is -0.479 e. The Morgan fingerprint density at radius 3 is 2.82 bits per heavy atom. The number of nitrogens with one attached hydrogen (secondary N) is 1. The minimum atomic E-state index is -0.488. The van der Waals surface area contributed by atoms with E-state index in [0.29, 0.717) is 17.0 Å². The normalized spacial score (nSPS) is 18.4. The van der Waals surface area contributed by atoms with Crippen LogP contribution in [-0.2, 0) is 4.79 Å². The van der Waals surface area contributed by atoms with E-state index in [1.54, 1.807) is 39.2 Å². The number of hydrogen-bond donors (Lipinski definition) is 1. The summed E-state index contributed by atoms with van der Waals surface area (Å²) in [6, 6.07) is 5.03. The highest BCUT2D eigenvalue weighted by Gasteiger charge is 2.29. The van der Waals surface area contributed by atoms with Crippen molar-refractivity contribution < 1.29 is 14.3 Å². The van der Waals surface area contributed by atoms with Crippen molar-refractivity contribution in [3.63, 3.8) is 0 Å². The van der Waals surface area contributed by atoms with Gasteiger partial charge in [0.2, 0.25) is 0 Å². The van der Waals surface area contributed by atoms with Crippen LogP contribution in [0.5, 0.6) is 5.75 Å². The van der Waals surface area contributed by atoms with Gasteiger partial charge in [0, 0.05) is 19.7 Å². The Morgan fingerprint density at radius 1 is 1.47 bits per heavy atom. The zero-order valence-electron chi connectivity index (χ0n) is 9.98. The number of rotatable bonds is 1. The van der Waals surface area contributed by atoms with Crippen LogP contribution in [0.25, 0.3) is 0 Å².